The van der Waals surface area contributed by atoms with Crippen LogP contribution in [0, 0.1) is 19.8 Å². The Morgan fingerprint density at radius 1 is 0.840 bits per heavy atom. The Balaban J connectivity index is 2.24. The fourth-order valence-corrected chi connectivity index (χ4v) is 3.03. The summed E-state index contributed by atoms with van der Waals surface area (Å²) in [5.41, 5.74) is 4.86. The average molecular weight is 340 g/mol. The highest BCUT2D eigenvalue weighted by molar-refractivity contribution is 5.88. The van der Waals surface area contributed by atoms with Crippen LogP contribution in [0.1, 0.15) is 56.3 Å². The van der Waals surface area contributed by atoms with Crippen molar-refractivity contribution in [3.63, 3.8) is 0 Å². The third-order valence-electron chi connectivity index (χ3n) is 4.79. The molecule has 2 aromatic rings. The lowest BCUT2D eigenvalue weighted by atomic mass is 9.86. The van der Waals surface area contributed by atoms with E-state index in [-0.39, 0.29) is 0 Å². The molecule has 0 saturated carbocycles. The second kappa shape index (κ2) is 7.97. The molecule has 0 aromatic heterocycles. The van der Waals surface area contributed by atoms with E-state index in [9.17, 15) is 19.8 Å². The van der Waals surface area contributed by atoms with Crippen LogP contribution in [0.2, 0.25) is 0 Å². The predicted octanol–water partition coefficient (Wildman–Crippen LogP) is 4.51. The summed E-state index contributed by atoms with van der Waals surface area (Å²) < 4.78 is 0. The molecule has 2 rings (SSSR count). The lowest BCUT2D eigenvalue weighted by Gasteiger charge is -2.18. The Hall–Kier alpha value is -2.62. The number of rotatable bonds is 7. The summed E-state index contributed by atoms with van der Waals surface area (Å²) in [4.78, 5) is 22.4. The molecule has 0 atom stereocenters. The zero-order chi connectivity index (χ0) is 18.6. The summed E-state index contributed by atoms with van der Waals surface area (Å²) in [5, 5.41) is 18.4. The van der Waals surface area contributed by atoms with Crippen LogP contribution in [0.5, 0.6) is 0 Å². The van der Waals surface area contributed by atoms with Crippen LogP contribution in [-0.2, 0) is 12.8 Å². The Bertz CT molecular complexity index is 727. The molecule has 0 unspecified atom stereocenters. The topological polar surface area (TPSA) is 74.6 Å². The largest absolute Gasteiger partial charge is 0.478 e. The van der Waals surface area contributed by atoms with Crippen molar-refractivity contribution in [3.05, 3.63) is 69.8 Å². The van der Waals surface area contributed by atoms with Gasteiger partial charge >= 0.3 is 11.9 Å². The van der Waals surface area contributed by atoms with Crippen molar-refractivity contribution in [1.82, 2.24) is 0 Å². The van der Waals surface area contributed by atoms with Gasteiger partial charge in [-0.1, -0.05) is 25.5 Å². The summed E-state index contributed by atoms with van der Waals surface area (Å²) in [6, 6.07) is 10.5. The van der Waals surface area contributed by atoms with Crippen molar-refractivity contribution in [2.24, 2.45) is 5.92 Å². The van der Waals surface area contributed by atoms with Crippen molar-refractivity contribution < 1.29 is 19.8 Å². The molecule has 4 nitrogen and oxygen atoms in total. The molecule has 0 aliphatic heterocycles. The molecule has 2 N–H and O–H groups in total. The molecule has 0 bridgehead atoms. The van der Waals surface area contributed by atoms with E-state index in [0.29, 0.717) is 17.0 Å². The second-order valence-corrected chi connectivity index (χ2v) is 6.58. The van der Waals surface area contributed by atoms with Gasteiger partial charge in [0.05, 0.1) is 11.1 Å². The minimum absolute atomic E-state index is 0.305. The van der Waals surface area contributed by atoms with Crippen molar-refractivity contribution in [1.29, 1.82) is 0 Å². The van der Waals surface area contributed by atoms with Gasteiger partial charge in [-0.25, -0.2) is 9.59 Å². The normalized spacial score (nSPS) is 10.9. The summed E-state index contributed by atoms with van der Waals surface area (Å²) in [6.45, 7) is 6.09. The van der Waals surface area contributed by atoms with Gasteiger partial charge in [0.25, 0.3) is 0 Å². The first kappa shape index (κ1) is 18.7. The smallest absolute Gasteiger partial charge is 0.335 e. The predicted molar refractivity (Wildman–Crippen MR) is 97.5 cm³/mol. The maximum Gasteiger partial charge on any atom is 0.335 e. The quantitative estimate of drug-likeness (QED) is 0.777. The molecule has 0 radical (unpaired) electrons. The first-order valence-corrected chi connectivity index (χ1v) is 8.47. The second-order valence-electron chi connectivity index (χ2n) is 6.58. The van der Waals surface area contributed by atoms with Gasteiger partial charge in [0.2, 0.25) is 0 Å². The Morgan fingerprint density at radius 2 is 1.24 bits per heavy atom. The van der Waals surface area contributed by atoms with Gasteiger partial charge in [0, 0.05) is 0 Å². The maximum atomic E-state index is 11.2. The standard InChI is InChI=1S/C21H24O4/c1-4-15(9-18-11-16(20(22)23)7-5-13(18)2)10-19-12-17(21(24)25)8-6-14(19)3/h5-8,11-12,15H,4,9-10H2,1-3H3,(H,22,23)(H,24,25). The van der Waals surface area contributed by atoms with Crippen LogP contribution in [0.15, 0.2) is 36.4 Å². The minimum Gasteiger partial charge on any atom is -0.478 e. The van der Waals surface area contributed by atoms with Crippen molar-refractivity contribution >= 4 is 11.9 Å². The van der Waals surface area contributed by atoms with Crippen LogP contribution in [0.4, 0.5) is 0 Å². The molecule has 25 heavy (non-hydrogen) atoms. The average Bonchev–Trinajstić information content (AvgIpc) is 2.57. The first-order valence-electron chi connectivity index (χ1n) is 8.47. The van der Waals surface area contributed by atoms with Gasteiger partial charge in [-0.05, 0) is 79.1 Å². The summed E-state index contributed by atoms with van der Waals surface area (Å²) in [7, 11) is 0. The Morgan fingerprint density at radius 3 is 1.56 bits per heavy atom. The number of aryl methyl sites for hydroxylation is 2. The van der Waals surface area contributed by atoms with E-state index in [1.54, 1.807) is 24.3 Å². The minimum atomic E-state index is -0.917. The van der Waals surface area contributed by atoms with Crippen molar-refractivity contribution in [2.75, 3.05) is 0 Å². The molecule has 0 fully saturated rings. The molecule has 0 aliphatic rings. The molecule has 4 heteroatoms. The third kappa shape index (κ3) is 4.69. The van der Waals surface area contributed by atoms with Crippen molar-refractivity contribution in [3.8, 4) is 0 Å². The van der Waals surface area contributed by atoms with E-state index in [0.717, 1.165) is 41.5 Å². The highest BCUT2D eigenvalue weighted by atomic mass is 16.4. The van der Waals surface area contributed by atoms with Gasteiger partial charge in [-0.2, -0.15) is 0 Å². The number of carbonyl (C=O) groups is 2. The Kier molecular flexibility index (Phi) is 5.97. The van der Waals surface area contributed by atoms with E-state index in [1.165, 1.54) is 0 Å². The van der Waals surface area contributed by atoms with Crippen LogP contribution < -0.4 is 0 Å². The summed E-state index contributed by atoms with van der Waals surface area (Å²) in [5.74, 6) is -1.51. The number of hydrogen-bond donors (Lipinski definition) is 2. The molecular formula is C21H24O4. The fraction of sp³-hybridized carbons (Fsp3) is 0.333. The molecule has 0 aliphatic carbocycles. The van der Waals surface area contributed by atoms with E-state index >= 15 is 0 Å². The van der Waals surface area contributed by atoms with Crippen LogP contribution in [0.3, 0.4) is 0 Å². The highest BCUT2D eigenvalue weighted by Gasteiger charge is 2.15. The molecule has 0 spiro atoms. The molecule has 0 amide bonds. The van der Waals surface area contributed by atoms with Gasteiger partial charge < -0.3 is 10.2 Å². The number of hydrogen-bond acceptors (Lipinski definition) is 2. The Labute approximate surface area is 148 Å². The maximum absolute atomic E-state index is 11.2. The number of aromatic carboxylic acids is 2. The summed E-state index contributed by atoms with van der Waals surface area (Å²) in [6.07, 6.45) is 2.49. The highest BCUT2D eigenvalue weighted by Crippen LogP contribution is 2.23. The van der Waals surface area contributed by atoms with Gasteiger partial charge in [0.1, 0.15) is 0 Å². The zero-order valence-corrected chi connectivity index (χ0v) is 14.9. The van der Waals surface area contributed by atoms with Crippen LogP contribution in [-0.4, -0.2) is 22.2 Å². The molecular weight excluding hydrogens is 316 g/mol. The van der Waals surface area contributed by atoms with E-state index in [2.05, 4.69) is 6.92 Å². The fourth-order valence-electron chi connectivity index (χ4n) is 3.03. The van der Waals surface area contributed by atoms with E-state index in [1.807, 2.05) is 26.0 Å². The van der Waals surface area contributed by atoms with Crippen LogP contribution in [0.25, 0.3) is 0 Å². The van der Waals surface area contributed by atoms with E-state index in [4.69, 9.17) is 0 Å². The van der Waals surface area contributed by atoms with Gasteiger partial charge in [0.15, 0.2) is 0 Å². The van der Waals surface area contributed by atoms with Crippen molar-refractivity contribution in [2.45, 2.75) is 40.0 Å². The first-order chi connectivity index (χ1) is 11.8. The lowest BCUT2D eigenvalue weighted by Crippen LogP contribution is -2.11. The van der Waals surface area contributed by atoms with Crippen LogP contribution >= 0.6 is 0 Å². The molecule has 2 aromatic carbocycles. The number of carboxylic acid groups (broad SMARTS) is 2. The number of carboxylic acids is 2. The molecule has 0 saturated heterocycles. The SMILES string of the molecule is CCC(Cc1cc(C(=O)O)ccc1C)Cc1cc(C(=O)O)ccc1C. The lowest BCUT2D eigenvalue weighted by molar-refractivity contribution is 0.0686. The number of benzene rings is 2. The zero-order valence-electron chi connectivity index (χ0n) is 14.9. The third-order valence-corrected chi connectivity index (χ3v) is 4.79. The van der Waals surface area contributed by atoms with E-state index < -0.39 is 11.9 Å². The van der Waals surface area contributed by atoms with Gasteiger partial charge in [-0.3, -0.25) is 0 Å². The summed E-state index contributed by atoms with van der Waals surface area (Å²) >= 11 is 0. The van der Waals surface area contributed by atoms with Gasteiger partial charge in [-0.15, -0.1) is 0 Å². The monoisotopic (exact) mass is 340 g/mol. The molecule has 132 valence electrons. The molecule has 0 heterocycles.